The average Bonchev–Trinajstić information content (AvgIpc) is 3.93. The van der Waals surface area contributed by atoms with Crippen LogP contribution in [-0.4, -0.2) is 6.85 Å². The van der Waals surface area contributed by atoms with E-state index in [4.69, 9.17) is 4.42 Å². The number of para-hydroxylation sites is 3. The summed E-state index contributed by atoms with van der Waals surface area (Å²) in [6, 6.07) is 78.7. The molecule has 0 aliphatic carbocycles. The van der Waals surface area contributed by atoms with Gasteiger partial charge in [0.2, 0.25) is 0 Å². The molecule has 0 bridgehead atoms. The van der Waals surface area contributed by atoms with E-state index in [0.29, 0.717) is 0 Å². The summed E-state index contributed by atoms with van der Waals surface area (Å²) in [6.45, 7) is 6.66. The molecule has 15 rings (SSSR count). The summed E-state index contributed by atoms with van der Waals surface area (Å²) in [4.78, 5) is 11.0. The highest BCUT2D eigenvalue weighted by Crippen LogP contribution is 2.84. The van der Waals surface area contributed by atoms with Crippen LogP contribution in [0.25, 0.3) is 66.4 Å². The number of unbranched alkanes of at least 4 members (excludes halogenated alkanes) is 1. The van der Waals surface area contributed by atoms with Crippen molar-refractivity contribution in [1.82, 2.24) is 0 Å². The van der Waals surface area contributed by atoms with E-state index in [1.54, 1.807) is 0 Å². The molecular formula is C66H49BN2OS. The molecule has 0 N–H and O–H groups in total. The Labute approximate surface area is 417 Å². The van der Waals surface area contributed by atoms with Gasteiger partial charge in [-0.1, -0.05) is 147 Å². The molecule has 0 fully saturated rings. The Bertz CT molecular complexity index is 3990. The van der Waals surface area contributed by atoms with E-state index in [2.05, 4.69) is 237 Å². The zero-order valence-corrected chi connectivity index (χ0v) is 40.9. The molecule has 5 heteroatoms. The standard InChI is InChI=1S/C66H49BN2OS/c1-4-5-21-43-34-35-54(50(36-43)44-22-7-6-8-23-44)68-56-39-51-46-24-9-13-29-58(46)70-59(51)40-53(56)67-65-52(37-45(38-57(65)68)64-41(2)19-17-20-42(64)3)49-27-18-33-63-66(49)69(67)55-28-12-16-32-62(55)71(63)60-30-14-10-25-47(60)48-26-11-15-31-61(48)71/h6-20,22-40H,4-5,21H2,1-3H3. The van der Waals surface area contributed by atoms with Crippen molar-refractivity contribution in [3.8, 4) is 44.5 Å². The van der Waals surface area contributed by atoms with Gasteiger partial charge in [-0.2, -0.15) is 0 Å². The minimum Gasteiger partial charge on any atom is -0.456 e. The topological polar surface area (TPSA) is 19.6 Å². The molecule has 10 aromatic carbocycles. The van der Waals surface area contributed by atoms with Crippen LogP contribution < -0.4 is 20.6 Å². The lowest BCUT2D eigenvalue weighted by atomic mass is 9.43. The summed E-state index contributed by atoms with van der Waals surface area (Å²) in [6.07, 6.45) is 3.34. The second-order valence-electron chi connectivity index (χ2n) is 19.9. The van der Waals surface area contributed by atoms with Crippen molar-refractivity contribution in [2.24, 2.45) is 0 Å². The van der Waals surface area contributed by atoms with Crippen LogP contribution in [0, 0.1) is 13.8 Å². The first kappa shape index (κ1) is 40.9. The van der Waals surface area contributed by atoms with Crippen molar-refractivity contribution in [3.63, 3.8) is 0 Å². The third kappa shape index (κ3) is 5.53. The SMILES string of the molecule is CCCCc1ccc(N2c3cc4c(cc3B3c5c(cc(-c6c(C)cccc6C)cc52)-c2cccc5c2N3c2ccccc2S52c3ccccc3-c3ccccc32)oc2ccccc24)c(-c2ccccc2)c1. The number of anilines is 5. The van der Waals surface area contributed by atoms with Gasteiger partial charge in [-0.3, -0.25) is 0 Å². The Morgan fingerprint density at radius 3 is 1.93 bits per heavy atom. The zero-order valence-electron chi connectivity index (χ0n) is 40.0. The Kier molecular flexibility index (Phi) is 8.78. The number of fused-ring (bicyclic) bond motifs is 16. The number of hydrogen-bond donors (Lipinski definition) is 0. The van der Waals surface area contributed by atoms with Crippen molar-refractivity contribution < 1.29 is 4.42 Å². The van der Waals surface area contributed by atoms with E-state index in [-0.39, 0.29) is 6.85 Å². The smallest absolute Gasteiger partial charge is 0.333 e. The zero-order chi connectivity index (χ0) is 47.1. The number of hydrogen-bond acceptors (Lipinski definition) is 3. The predicted molar refractivity (Wildman–Crippen MR) is 299 cm³/mol. The highest BCUT2D eigenvalue weighted by Gasteiger charge is 2.54. The lowest BCUT2D eigenvalue weighted by Crippen LogP contribution is -2.62. The van der Waals surface area contributed by atoms with Crippen LogP contribution in [0.5, 0.6) is 0 Å². The van der Waals surface area contributed by atoms with Gasteiger partial charge in [-0.15, -0.1) is 10.0 Å². The van der Waals surface area contributed by atoms with Gasteiger partial charge in [0.15, 0.2) is 0 Å². The summed E-state index contributed by atoms with van der Waals surface area (Å²) >= 11 is 0. The molecule has 0 atom stereocenters. The molecule has 5 heterocycles. The predicted octanol–water partition coefficient (Wildman–Crippen LogP) is 17.2. The number of nitrogens with zero attached hydrogens (tertiary/aromatic N) is 2. The second-order valence-corrected chi connectivity index (χ2v) is 22.9. The Balaban J connectivity index is 1.12. The quantitative estimate of drug-likeness (QED) is 0.155. The molecule has 0 unspecified atom stereocenters. The molecule has 1 spiro atoms. The first-order valence-corrected chi connectivity index (χ1v) is 26.9. The first-order chi connectivity index (χ1) is 35.0. The van der Waals surface area contributed by atoms with E-state index in [1.165, 1.54) is 120 Å². The van der Waals surface area contributed by atoms with Crippen molar-refractivity contribution in [3.05, 3.63) is 223 Å². The van der Waals surface area contributed by atoms with Crippen molar-refractivity contribution >= 4 is 78.2 Å². The van der Waals surface area contributed by atoms with Gasteiger partial charge in [-0.25, -0.2) is 0 Å². The number of benzene rings is 10. The van der Waals surface area contributed by atoms with Crippen LogP contribution in [0.2, 0.25) is 0 Å². The highest BCUT2D eigenvalue weighted by molar-refractivity contribution is 8.34. The molecule has 0 saturated heterocycles. The minimum atomic E-state index is -1.93. The Morgan fingerprint density at radius 1 is 0.465 bits per heavy atom. The largest absolute Gasteiger partial charge is 0.456 e. The number of rotatable bonds is 6. The Hall–Kier alpha value is -7.99. The molecule has 4 aliphatic heterocycles. The molecule has 4 aliphatic rings. The van der Waals surface area contributed by atoms with E-state index < -0.39 is 10.0 Å². The second kappa shape index (κ2) is 15.3. The maximum absolute atomic E-state index is 6.90. The van der Waals surface area contributed by atoms with Crippen LogP contribution >= 0.6 is 10.0 Å². The van der Waals surface area contributed by atoms with Crippen LogP contribution in [-0.2, 0) is 6.42 Å². The fraction of sp³-hybridized carbons (Fsp3) is 0.0909. The van der Waals surface area contributed by atoms with E-state index in [9.17, 15) is 0 Å². The molecule has 1 aromatic heterocycles. The number of furan rings is 1. The lowest BCUT2D eigenvalue weighted by molar-refractivity contribution is 0.669. The third-order valence-corrected chi connectivity index (χ3v) is 20.0. The van der Waals surface area contributed by atoms with Gasteiger partial charge in [-0.05, 0) is 160 Å². The number of aryl methyl sites for hydroxylation is 3. The minimum absolute atomic E-state index is 0.182. The maximum Gasteiger partial charge on any atom is 0.333 e. The van der Waals surface area contributed by atoms with E-state index in [1.807, 2.05) is 0 Å². The average molecular weight is 929 g/mol. The Morgan fingerprint density at radius 2 is 1.14 bits per heavy atom. The van der Waals surface area contributed by atoms with Crippen LogP contribution in [0.15, 0.2) is 230 Å². The highest BCUT2D eigenvalue weighted by atomic mass is 32.3. The first-order valence-electron chi connectivity index (χ1n) is 25.2. The van der Waals surface area contributed by atoms with Crippen LogP contribution in [0.1, 0.15) is 36.5 Å². The van der Waals surface area contributed by atoms with Gasteiger partial charge < -0.3 is 14.1 Å². The molecule has 3 nitrogen and oxygen atoms in total. The maximum atomic E-state index is 6.90. The molecule has 0 radical (unpaired) electrons. The molecular weight excluding hydrogens is 880 g/mol. The molecule has 71 heavy (non-hydrogen) atoms. The van der Waals surface area contributed by atoms with Gasteiger partial charge in [0.25, 0.3) is 0 Å². The van der Waals surface area contributed by atoms with Crippen LogP contribution in [0.3, 0.4) is 0 Å². The molecule has 0 amide bonds. The third-order valence-electron chi connectivity index (χ3n) is 16.0. The summed E-state index contributed by atoms with van der Waals surface area (Å²) in [5, 5.41) is 2.25. The summed E-state index contributed by atoms with van der Waals surface area (Å²) in [7, 11) is -1.93. The van der Waals surface area contributed by atoms with Crippen LogP contribution in [0.4, 0.5) is 28.4 Å². The summed E-state index contributed by atoms with van der Waals surface area (Å²) in [5.74, 6) is 0. The van der Waals surface area contributed by atoms with E-state index >= 15 is 0 Å². The normalized spacial score (nSPS) is 14.5. The lowest BCUT2D eigenvalue weighted by Gasteiger charge is -2.54. The van der Waals surface area contributed by atoms with Gasteiger partial charge in [0.1, 0.15) is 11.2 Å². The fourth-order valence-electron chi connectivity index (χ4n) is 13.1. The van der Waals surface area contributed by atoms with Gasteiger partial charge in [0, 0.05) is 58.5 Å². The molecule has 11 aromatic rings. The molecule has 338 valence electrons. The van der Waals surface area contributed by atoms with E-state index in [0.717, 1.165) is 41.2 Å². The molecule has 0 saturated carbocycles. The summed E-state index contributed by atoms with van der Waals surface area (Å²) in [5.41, 5.74) is 24.6. The van der Waals surface area contributed by atoms with Gasteiger partial charge in [0.05, 0.1) is 11.4 Å². The van der Waals surface area contributed by atoms with Gasteiger partial charge >= 0.3 is 6.85 Å². The monoisotopic (exact) mass is 928 g/mol. The van der Waals surface area contributed by atoms with Crippen molar-refractivity contribution in [1.29, 1.82) is 0 Å². The fourth-order valence-corrected chi connectivity index (χ4v) is 17.6. The van der Waals surface area contributed by atoms with Crippen molar-refractivity contribution in [2.75, 3.05) is 9.71 Å². The summed E-state index contributed by atoms with van der Waals surface area (Å²) < 4.78 is 6.90. The van der Waals surface area contributed by atoms with Crippen molar-refractivity contribution in [2.45, 2.75) is 59.6 Å².